The van der Waals surface area contributed by atoms with Gasteiger partial charge in [-0.25, -0.2) is 9.97 Å². The van der Waals surface area contributed by atoms with Crippen LogP contribution in [0.15, 0.2) is 48.7 Å². The van der Waals surface area contributed by atoms with Gasteiger partial charge in [0.2, 0.25) is 5.91 Å². The fourth-order valence-electron chi connectivity index (χ4n) is 5.78. The number of aromatic nitrogens is 3. The highest BCUT2D eigenvalue weighted by Gasteiger charge is 2.29. The van der Waals surface area contributed by atoms with Crippen LogP contribution in [0.25, 0.3) is 22.3 Å². The molecule has 1 saturated heterocycles. The van der Waals surface area contributed by atoms with Crippen LogP contribution in [0, 0.1) is 26.7 Å². The second kappa shape index (κ2) is 11.2. The Balaban J connectivity index is 0.00000151. The molecule has 1 fully saturated rings. The van der Waals surface area contributed by atoms with Gasteiger partial charge in [0, 0.05) is 79.6 Å². The third kappa shape index (κ3) is 5.18. The number of primary amides is 1. The summed E-state index contributed by atoms with van der Waals surface area (Å²) < 4.78 is 0. The van der Waals surface area contributed by atoms with Gasteiger partial charge in [-0.3, -0.25) is 9.69 Å². The van der Waals surface area contributed by atoms with E-state index in [9.17, 15) is 4.79 Å². The van der Waals surface area contributed by atoms with Crippen LogP contribution in [0.3, 0.4) is 0 Å². The van der Waals surface area contributed by atoms with Crippen LogP contribution in [-0.2, 0) is 17.8 Å². The van der Waals surface area contributed by atoms with E-state index in [0.717, 1.165) is 74.1 Å². The fourth-order valence-corrected chi connectivity index (χ4v) is 5.78. The SMILES string of the molecule is C#C.Cc1ccccc1N1CCc2nc(-c3cccc4[nH]cc(C)c34)nc(N3CCN(CC(N)=O)CC3)c2C1. The molecule has 0 saturated carbocycles. The number of para-hydroxylation sites is 1. The summed E-state index contributed by atoms with van der Waals surface area (Å²) in [6.45, 7) is 9.47. The number of nitrogens with zero attached hydrogens (tertiary/aromatic N) is 5. The number of fused-ring (bicyclic) bond motifs is 2. The number of amides is 1. The molecule has 3 N–H and O–H groups in total. The van der Waals surface area contributed by atoms with Gasteiger partial charge in [0.05, 0.1) is 12.2 Å². The van der Waals surface area contributed by atoms with E-state index in [4.69, 9.17) is 15.7 Å². The van der Waals surface area contributed by atoms with Gasteiger partial charge in [-0.05, 0) is 37.1 Å². The monoisotopic (exact) mass is 521 g/mol. The predicted molar refractivity (Wildman–Crippen MR) is 158 cm³/mol. The molecule has 4 aromatic rings. The van der Waals surface area contributed by atoms with Crippen LogP contribution >= 0.6 is 0 Å². The Labute approximate surface area is 229 Å². The molecule has 0 bridgehead atoms. The van der Waals surface area contributed by atoms with Gasteiger partial charge in [-0.2, -0.15) is 0 Å². The minimum Gasteiger partial charge on any atom is -0.369 e. The molecule has 6 rings (SSSR count). The summed E-state index contributed by atoms with van der Waals surface area (Å²) in [4.78, 5) is 32.2. The molecule has 2 aromatic carbocycles. The van der Waals surface area contributed by atoms with Gasteiger partial charge in [0.15, 0.2) is 5.82 Å². The minimum absolute atomic E-state index is 0.279. The number of aryl methyl sites for hydroxylation is 2. The second-order valence-corrected chi connectivity index (χ2v) is 10.2. The van der Waals surface area contributed by atoms with Gasteiger partial charge in [-0.15, -0.1) is 12.8 Å². The molecule has 200 valence electrons. The van der Waals surface area contributed by atoms with E-state index >= 15 is 0 Å². The van der Waals surface area contributed by atoms with Gasteiger partial charge in [0.1, 0.15) is 5.82 Å². The zero-order chi connectivity index (χ0) is 27.5. The summed E-state index contributed by atoms with van der Waals surface area (Å²) in [7, 11) is 0. The van der Waals surface area contributed by atoms with Crippen molar-refractivity contribution in [2.24, 2.45) is 5.73 Å². The van der Waals surface area contributed by atoms with Crippen molar-refractivity contribution in [1.29, 1.82) is 0 Å². The molecule has 8 heteroatoms. The Morgan fingerprint density at radius 1 is 0.949 bits per heavy atom. The molecule has 2 aliphatic rings. The normalized spacial score (nSPS) is 15.5. The van der Waals surface area contributed by atoms with Gasteiger partial charge >= 0.3 is 0 Å². The largest absolute Gasteiger partial charge is 0.369 e. The fraction of sp³-hybridized carbons (Fsp3) is 0.323. The summed E-state index contributed by atoms with van der Waals surface area (Å²) in [5, 5.41) is 1.18. The van der Waals surface area contributed by atoms with Crippen LogP contribution in [0.4, 0.5) is 11.5 Å². The lowest BCUT2D eigenvalue weighted by molar-refractivity contribution is -0.119. The van der Waals surface area contributed by atoms with Gasteiger partial charge in [0.25, 0.3) is 0 Å². The number of nitrogens with two attached hydrogens (primary N) is 1. The second-order valence-electron chi connectivity index (χ2n) is 10.2. The van der Waals surface area contributed by atoms with E-state index in [2.05, 4.69) is 88.8 Å². The number of rotatable bonds is 5. The van der Waals surface area contributed by atoms with Crippen molar-refractivity contribution in [3.05, 3.63) is 71.0 Å². The van der Waals surface area contributed by atoms with Crippen molar-refractivity contribution >= 4 is 28.3 Å². The number of H-pyrrole nitrogens is 1. The topological polar surface area (TPSA) is 94.4 Å². The van der Waals surface area contributed by atoms with E-state index in [1.807, 2.05) is 6.20 Å². The lowest BCUT2D eigenvalue weighted by Gasteiger charge is -2.38. The van der Waals surface area contributed by atoms with Crippen LogP contribution in [0.5, 0.6) is 0 Å². The predicted octanol–water partition coefficient (Wildman–Crippen LogP) is 3.66. The first kappa shape index (κ1) is 26.3. The van der Waals surface area contributed by atoms with Crippen molar-refractivity contribution < 1.29 is 4.79 Å². The first-order valence-electron chi connectivity index (χ1n) is 13.3. The highest BCUT2D eigenvalue weighted by atomic mass is 16.1. The third-order valence-electron chi connectivity index (χ3n) is 7.69. The number of anilines is 2. The number of aromatic amines is 1. The molecular weight excluding hydrogens is 486 g/mol. The highest BCUT2D eigenvalue weighted by molar-refractivity contribution is 5.96. The molecule has 39 heavy (non-hydrogen) atoms. The van der Waals surface area contributed by atoms with Gasteiger partial charge in [-0.1, -0.05) is 30.3 Å². The Morgan fingerprint density at radius 2 is 1.72 bits per heavy atom. The molecule has 1 amide bonds. The van der Waals surface area contributed by atoms with Crippen molar-refractivity contribution in [2.45, 2.75) is 26.8 Å². The number of carbonyl (C=O) groups excluding carboxylic acids is 1. The lowest BCUT2D eigenvalue weighted by Crippen LogP contribution is -2.49. The zero-order valence-corrected chi connectivity index (χ0v) is 22.7. The maximum absolute atomic E-state index is 11.5. The van der Waals surface area contributed by atoms with Crippen LogP contribution in [0.2, 0.25) is 0 Å². The third-order valence-corrected chi connectivity index (χ3v) is 7.69. The average Bonchev–Trinajstić information content (AvgIpc) is 3.34. The van der Waals surface area contributed by atoms with Crippen molar-refractivity contribution in [2.75, 3.05) is 49.1 Å². The molecule has 2 aliphatic heterocycles. The minimum atomic E-state index is -0.279. The molecule has 0 spiro atoms. The molecule has 0 unspecified atom stereocenters. The Kier molecular flexibility index (Phi) is 7.53. The number of benzene rings is 2. The van der Waals surface area contributed by atoms with E-state index in [0.29, 0.717) is 6.54 Å². The summed E-state index contributed by atoms with van der Waals surface area (Å²) in [5.74, 6) is 1.52. The number of piperazine rings is 1. The average molecular weight is 522 g/mol. The van der Waals surface area contributed by atoms with Crippen LogP contribution in [0.1, 0.15) is 22.4 Å². The van der Waals surface area contributed by atoms with E-state index in [1.54, 1.807) is 0 Å². The van der Waals surface area contributed by atoms with Crippen molar-refractivity contribution in [3.8, 4) is 24.2 Å². The van der Waals surface area contributed by atoms with Crippen LogP contribution in [-0.4, -0.2) is 65.0 Å². The zero-order valence-electron chi connectivity index (χ0n) is 22.7. The molecule has 0 aliphatic carbocycles. The van der Waals surface area contributed by atoms with Crippen LogP contribution < -0.4 is 15.5 Å². The van der Waals surface area contributed by atoms with E-state index in [-0.39, 0.29) is 5.91 Å². The molecule has 2 aromatic heterocycles. The highest BCUT2D eigenvalue weighted by Crippen LogP contribution is 2.35. The Bertz CT molecular complexity index is 1510. The number of nitrogens with one attached hydrogen (secondary N) is 1. The van der Waals surface area contributed by atoms with Crippen molar-refractivity contribution in [1.82, 2.24) is 19.9 Å². The molecule has 0 atom stereocenters. The van der Waals surface area contributed by atoms with Crippen molar-refractivity contribution in [3.63, 3.8) is 0 Å². The summed E-state index contributed by atoms with van der Waals surface area (Å²) in [6.07, 6.45) is 10.9. The summed E-state index contributed by atoms with van der Waals surface area (Å²) in [5.41, 5.74) is 13.7. The van der Waals surface area contributed by atoms with Gasteiger partial charge < -0.3 is 20.5 Å². The molecular formula is C31H35N7O. The summed E-state index contributed by atoms with van der Waals surface area (Å²) >= 11 is 0. The molecule has 8 nitrogen and oxygen atoms in total. The quantitative estimate of drug-likeness (QED) is 0.389. The number of carbonyl (C=O) groups is 1. The lowest BCUT2D eigenvalue weighted by atomic mass is 10.0. The maximum Gasteiger partial charge on any atom is 0.231 e. The smallest absolute Gasteiger partial charge is 0.231 e. The Hall–Kier alpha value is -4.35. The first-order chi connectivity index (χ1) is 19.0. The van der Waals surface area contributed by atoms with E-state index < -0.39 is 0 Å². The Morgan fingerprint density at radius 3 is 2.46 bits per heavy atom. The summed E-state index contributed by atoms with van der Waals surface area (Å²) in [6, 6.07) is 14.9. The van der Waals surface area contributed by atoms with E-state index in [1.165, 1.54) is 27.8 Å². The number of hydrogen-bond donors (Lipinski definition) is 2. The standard InChI is InChI=1S/C29H33N7O.C2H2/c1-19-6-3-4-9-25(19)36-11-10-23-22(17-36)29(35-14-12-34(13-15-35)18-26(30)37)33-28(32-23)21-7-5-8-24-27(21)20(2)16-31-24;1-2/h3-9,16,31H,10-15,17-18H2,1-2H3,(H2,30,37);1-2H. The molecule has 4 heterocycles. The maximum atomic E-state index is 11.5. The molecule has 0 radical (unpaired) electrons. The number of terminal acetylenes is 1. The first-order valence-corrected chi connectivity index (χ1v) is 13.3. The number of hydrogen-bond acceptors (Lipinski definition) is 6.